The molecule has 26 heavy (non-hydrogen) atoms. The number of benzene rings is 2. The van der Waals surface area contributed by atoms with Crippen LogP contribution in [0.15, 0.2) is 70.4 Å². The van der Waals surface area contributed by atoms with Gasteiger partial charge in [0.2, 0.25) is 0 Å². The van der Waals surface area contributed by atoms with Crippen molar-refractivity contribution in [2.75, 3.05) is 5.43 Å². The standard InChI is InChI=1S/C24H28N2/c1-16-13-18(3)24(19(4)14-16)26-25-23(21-9-7-6-8-10-21)15-22-12-11-17(2)20(22)5/h6-11,13-14,26H,12,15H2,1-5H3. The summed E-state index contributed by atoms with van der Waals surface area (Å²) in [4.78, 5) is 0. The van der Waals surface area contributed by atoms with Crippen molar-refractivity contribution < 1.29 is 0 Å². The third-order valence-corrected chi connectivity index (χ3v) is 5.24. The van der Waals surface area contributed by atoms with Crippen LogP contribution in [0.3, 0.4) is 0 Å². The summed E-state index contributed by atoms with van der Waals surface area (Å²) < 4.78 is 0. The summed E-state index contributed by atoms with van der Waals surface area (Å²) in [5.74, 6) is 0. The molecule has 0 heterocycles. The van der Waals surface area contributed by atoms with E-state index in [-0.39, 0.29) is 0 Å². The van der Waals surface area contributed by atoms with E-state index in [1.54, 1.807) is 0 Å². The minimum Gasteiger partial charge on any atom is -0.278 e. The van der Waals surface area contributed by atoms with Crippen molar-refractivity contribution in [1.29, 1.82) is 0 Å². The normalized spacial score (nSPS) is 14.7. The molecule has 2 aromatic carbocycles. The van der Waals surface area contributed by atoms with E-state index in [1.165, 1.54) is 39.0 Å². The SMILES string of the molecule is CC1=CCC(CC(=NNc2c(C)cc(C)cc2C)c2ccccc2)=C1C. The summed E-state index contributed by atoms with van der Waals surface area (Å²) in [6, 6.07) is 14.9. The van der Waals surface area contributed by atoms with Gasteiger partial charge in [0.15, 0.2) is 0 Å². The molecule has 0 saturated carbocycles. The molecule has 0 spiro atoms. The average molecular weight is 345 g/mol. The molecule has 2 nitrogen and oxygen atoms in total. The van der Waals surface area contributed by atoms with Gasteiger partial charge in [-0.15, -0.1) is 0 Å². The molecule has 0 unspecified atom stereocenters. The Morgan fingerprint density at radius 3 is 2.19 bits per heavy atom. The lowest BCUT2D eigenvalue weighted by Crippen LogP contribution is -2.07. The van der Waals surface area contributed by atoms with Gasteiger partial charge >= 0.3 is 0 Å². The molecule has 134 valence electrons. The third-order valence-electron chi connectivity index (χ3n) is 5.24. The second kappa shape index (κ2) is 7.74. The van der Waals surface area contributed by atoms with E-state index >= 15 is 0 Å². The van der Waals surface area contributed by atoms with Gasteiger partial charge in [-0.3, -0.25) is 5.43 Å². The lowest BCUT2D eigenvalue weighted by Gasteiger charge is -2.14. The average Bonchev–Trinajstić information content (AvgIpc) is 2.92. The first-order valence-corrected chi connectivity index (χ1v) is 9.27. The predicted molar refractivity (Wildman–Crippen MR) is 113 cm³/mol. The first-order chi connectivity index (χ1) is 12.5. The lowest BCUT2D eigenvalue weighted by molar-refractivity contribution is 1.12. The van der Waals surface area contributed by atoms with Crippen LogP contribution in [0.5, 0.6) is 0 Å². The maximum Gasteiger partial charge on any atom is 0.0720 e. The van der Waals surface area contributed by atoms with E-state index in [1.807, 2.05) is 0 Å². The topological polar surface area (TPSA) is 24.4 Å². The number of hydrogen-bond acceptors (Lipinski definition) is 2. The monoisotopic (exact) mass is 344 g/mol. The van der Waals surface area contributed by atoms with Crippen LogP contribution < -0.4 is 5.43 Å². The summed E-state index contributed by atoms with van der Waals surface area (Å²) in [7, 11) is 0. The maximum atomic E-state index is 4.85. The fourth-order valence-corrected chi connectivity index (χ4v) is 3.58. The summed E-state index contributed by atoms with van der Waals surface area (Å²) in [5.41, 5.74) is 14.7. The smallest absolute Gasteiger partial charge is 0.0720 e. The number of hydrazone groups is 1. The van der Waals surface area contributed by atoms with Crippen LogP contribution in [-0.2, 0) is 0 Å². The number of hydrogen-bond donors (Lipinski definition) is 1. The zero-order valence-electron chi connectivity index (χ0n) is 16.5. The Morgan fingerprint density at radius 1 is 0.962 bits per heavy atom. The van der Waals surface area contributed by atoms with Gasteiger partial charge in [-0.25, -0.2) is 0 Å². The predicted octanol–water partition coefficient (Wildman–Crippen LogP) is 6.48. The highest BCUT2D eigenvalue weighted by Gasteiger charge is 2.14. The van der Waals surface area contributed by atoms with Gasteiger partial charge in [-0.2, -0.15) is 5.10 Å². The number of nitrogens with zero attached hydrogens (tertiary/aromatic N) is 1. The summed E-state index contributed by atoms with van der Waals surface area (Å²) in [6.07, 6.45) is 4.22. The first-order valence-electron chi connectivity index (χ1n) is 9.27. The van der Waals surface area contributed by atoms with Gasteiger partial charge < -0.3 is 0 Å². The quantitative estimate of drug-likeness (QED) is 0.487. The fraction of sp³-hybridized carbons (Fsp3) is 0.292. The van der Waals surface area contributed by atoms with Crippen molar-refractivity contribution in [1.82, 2.24) is 0 Å². The zero-order valence-corrected chi connectivity index (χ0v) is 16.5. The Hall–Kier alpha value is -2.61. The van der Waals surface area contributed by atoms with Crippen LogP contribution in [-0.4, -0.2) is 5.71 Å². The van der Waals surface area contributed by atoms with Gasteiger partial charge in [0.25, 0.3) is 0 Å². The van der Waals surface area contributed by atoms with Crippen LogP contribution in [0.4, 0.5) is 5.69 Å². The van der Waals surface area contributed by atoms with E-state index in [2.05, 4.69) is 88.6 Å². The molecule has 0 aromatic heterocycles. The van der Waals surface area contributed by atoms with Crippen LogP contribution in [0.25, 0.3) is 0 Å². The van der Waals surface area contributed by atoms with E-state index < -0.39 is 0 Å². The van der Waals surface area contributed by atoms with E-state index in [9.17, 15) is 0 Å². The Balaban J connectivity index is 1.93. The van der Waals surface area contributed by atoms with Gasteiger partial charge in [0.1, 0.15) is 0 Å². The van der Waals surface area contributed by atoms with Gasteiger partial charge in [-0.1, -0.05) is 65.3 Å². The molecule has 1 N–H and O–H groups in total. The van der Waals surface area contributed by atoms with Gasteiger partial charge in [0.05, 0.1) is 11.4 Å². The highest BCUT2D eigenvalue weighted by Crippen LogP contribution is 2.29. The molecule has 0 radical (unpaired) electrons. The van der Waals surface area contributed by atoms with Crippen molar-refractivity contribution in [2.24, 2.45) is 5.10 Å². The number of aryl methyl sites for hydroxylation is 3. The summed E-state index contributed by atoms with van der Waals surface area (Å²) in [6.45, 7) is 10.8. The van der Waals surface area contributed by atoms with Gasteiger partial charge in [-0.05, 0) is 63.3 Å². The molecule has 0 amide bonds. The highest BCUT2D eigenvalue weighted by atomic mass is 15.3. The number of allylic oxidation sites excluding steroid dienone is 4. The highest BCUT2D eigenvalue weighted by molar-refractivity contribution is 6.02. The van der Waals surface area contributed by atoms with E-state index in [0.717, 1.165) is 24.2 Å². The van der Waals surface area contributed by atoms with Crippen LogP contribution in [0, 0.1) is 20.8 Å². The first kappa shape index (κ1) is 18.2. The molecule has 2 heteroatoms. The minimum atomic E-state index is 0.876. The van der Waals surface area contributed by atoms with Crippen LogP contribution in [0.2, 0.25) is 0 Å². The Labute approximate surface area is 157 Å². The van der Waals surface area contributed by atoms with E-state index in [0.29, 0.717) is 0 Å². The summed E-state index contributed by atoms with van der Waals surface area (Å²) >= 11 is 0. The molecule has 1 aliphatic rings. The molecule has 1 aliphatic carbocycles. The number of nitrogens with one attached hydrogen (secondary N) is 1. The zero-order chi connectivity index (χ0) is 18.7. The van der Waals surface area contributed by atoms with Crippen molar-refractivity contribution >= 4 is 11.4 Å². The Bertz CT molecular complexity index is 876. The maximum absolute atomic E-state index is 4.85. The summed E-state index contributed by atoms with van der Waals surface area (Å²) in [5, 5.41) is 4.85. The molecular formula is C24H28N2. The van der Waals surface area contributed by atoms with Crippen LogP contribution in [0.1, 0.15) is 48.9 Å². The van der Waals surface area contributed by atoms with Gasteiger partial charge in [0, 0.05) is 6.42 Å². The second-order valence-electron chi connectivity index (χ2n) is 7.31. The molecule has 2 aromatic rings. The second-order valence-corrected chi connectivity index (χ2v) is 7.31. The Morgan fingerprint density at radius 2 is 1.62 bits per heavy atom. The van der Waals surface area contributed by atoms with Crippen molar-refractivity contribution in [3.05, 3.63) is 87.5 Å². The molecule has 0 atom stereocenters. The molecule has 0 fully saturated rings. The third kappa shape index (κ3) is 3.96. The molecule has 3 rings (SSSR count). The van der Waals surface area contributed by atoms with Crippen LogP contribution >= 0.6 is 0 Å². The number of anilines is 1. The fourth-order valence-electron chi connectivity index (χ4n) is 3.58. The van der Waals surface area contributed by atoms with Crippen molar-refractivity contribution in [2.45, 2.75) is 47.5 Å². The molecule has 0 saturated heterocycles. The largest absolute Gasteiger partial charge is 0.278 e. The number of rotatable bonds is 5. The van der Waals surface area contributed by atoms with E-state index in [4.69, 9.17) is 5.10 Å². The Kier molecular flexibility index (Phi) is 5.41. The lowest BCUT2D eigenvalue weighted by atomic mass is 9.99. The molecule has 0 bridgehead atoms. The van der Waals surface area contributed by atoms with Crippen molar-refractivity contribution in [3.63, 3.8) is 0 Å². The van der Waals surface area contributed by atoms with Crippen molar-refractivity contribution in [3.8, 4) is 0 Å². The molecule has 0 aliphatic heterocycles. The minimum absolute atomic E-state index is 0.876. The molecular weight excluding hydrogens is 316 g/mol.